The van der Waals surface area contributed by atoms with Gasteiger partial charge in [-0.15, -0.1) is 0 Å². The SMILES string of the molecule is COc1ccc(C(C)Nc2ccnc(C3CC3)n2)cc1OC. The van der Waals surface area contributed by atoms with Crippen LogP contribution in [0.2, 0.25) is 0 Å². The summed E-state index contributed by atoms with van der Waals surface area (Å²) in [6.45, 7) is 2.10. The molecule has 3 rings (SSSR count). The van der Waals surface area contributed by atoms with Gasteiger partial charge in [-0.25, -0.2) is 9.97 Å². The minimum absolute atomic E-state index is 0.113. The van der Waals surface area contributed by atoms with E-state index in [1.54, 1.807) is 14.2 Å². The number of hydrogen-bond acceptors (Lipinski definition) is 5. The highest BCUT2D eigenvalue weighted by atomic mass is 16.5. The summed E-state index contributed by atoms with van der Waals surface area (Å²) in [4.78, 5) is 8.94. The van der Waals surface area contributed by atoms with E-state index in [-0.39, 0.29) is 6.04 Å². The second-order valence-corrected chi connectivity index (χ2v) is 5.55. The van der Waals surface area contributed by atoms with Crippen molar-refractivity contribution >= 4 is 5.82 Å². The van der Waals surface area contributed by atoms with Crippen molar-refractivity contribution in [1.82, 2.24) is 9.97 Å². The molecule has 116 valence electrons. The zero-order chi connectivity index (χ0) is 15.5. The summed E-state index contributed by atoms with van der Waals surface area (Å²) in [5.41, 5.74) is 1.12. The van der Waals surface area contributed by atoms with Crippen LogP contribution >= 0.6 is 0 Å². The van der Waals surface area contributed by atoms with E-state index in [9.17, 15) is 0 Å². The van der Waals surface area contributed by atoms with Gasteiger partial charge in [0.1, 0.15) is 11.6 Å². The highest BCUT2D eigenvalue weighted by Crippen LogP contribution is 2.38. The highest BCUT2D eigenvalue weighted by molar-refractivity contribution is 5.46. The second kappa shape index (κ2) is 6.22. The van der Waals surface area contributed by atoms with Gasteiger partial charge in [0, 0.05) is 12.1 Å². The van der Waals surface area contributed by atoms with Crippen molar-refractivity contribution in [3.63, 3.8) is 0 Å². The molecule has 0 spiro atoms. The van der Waals surface area contributed by atoms with Crippen molar-refractivity contribution in [2.45, 2.75) is 31.7 Å². The Hall–Kier alpha value is -2.30. The molecule has 1 aliphatic carbocycles. The van der Waals surface area contributed by atoms with E-state index in [0.29, 0.717) is 5.92 Å². The first-order valence-corrected chi connectivity index (χ1v) is 7.52. The van der Waals surface area contributed by atoms with Gasteiger partial charge in [0.15, 0.2) is 11.5 Å². The third-order valence-electron chi connectivity index (χ3n) is 3.89. The van der Waals surface area contributed by atoms with Gasteiger partial charge >= 0.3 is 0 Å². The molecule has 5 heteroatoms. The Morgan fingerprint density at radius 1 is 1.14 bits per heavy atom. The summed E-state index contributed by atoms with van der Waals surface area (Å²) in [5.74, 6) is 3.83. The zero-order valence-electron chi connectivity index (χ0n) is 13.2. The number of nitrogens with zero attached hydrogens (tertiary/aromatic N) is 2. The minimum Gasteiger partial charge on any atom is -0.493 e. The fourth-order valence-corrected chi connectivity index (χ4v) is 2.42. The normalized spacial score (nSPS) is 15.2. The van der Waals surface area contributed by atoms with E-state index >= 15 is 0 Å². The van der Waals surface area contributed by atoms with Crippen molar-refractivity contribution in [2.75, 3.05) is 19.5 Å². The van der Waals surface area contributed by atoms with E-state index in [0.717, 1.165) is 28.7 Å². The Kier molecular flexibility index (Phi) is 4.13. The maximum Gasteiger partial charge on any atom is 0.161 e. The quantitative estimate of drug-likeness (QED) is 0.884. The van der Waals surface area contributed by atoms with Crippen LogP contribution < -0.4 is 14.8 Å². The Balaban J connectivity index is 1.76. The standard InChI is InChI=1S/C17H21N3O2/c1-11(13-6-7-14(21-2)15(10-13)22-3)19-16-8-9-18-17(20-16)12-4-5-12/h6-12H,4-5H2,1-3H3,(H,18,19,20). The summed E-state index contributed by atoms with van der Waals surface area (Å²) in [7, 11) is 3.28. The van der Waals surface area contributed by atoms with Crippen molar-refractivity contribution in [2.24, 2.45) is 0 Å². The average molecular weight is 299 g/mol. The summed E-state index contributed by atoms with van der Waals surface area (Å²) >= 11 is 0. The minimum atomic E-state index is 0.113. The van der Waals surface area contributed by atoms with Gasteiger partial charge in [-0.1, -0.05) is 6.07 Å². The molecule has 5 nitrogen and oxygen atoms in total. The second-order valence-electron chi connectivity index (χ2n) is 5.55. The summed E-state index contributed by atoms with van der Waals surface area (Å²) in [5, 5.41) is 3.42. The molecule has 2 aromatic rings. The van der Waals surface area contributed by atoms with Crippen molar-refractivity contribution in [3.05, 3.63) is 41.9 Å². The lowest BCUT2D eigenvalue weighted by atomic mass is 10.1. The van der Waals surface area contributed by atoms with E-state index in [1.165, 1.54) is 12.8 Å². The average Bonchev–Trinajstić information content (AvgIpc) is 3.39. The number of hydrogen-bond donors (Lipinski definition) is 1. The van der Waals surface area contributed by atoms with Crippen LogP contribution in [0.1, 0.15) is 43.1 Å². The zero-order valence-corrected chi connectivity index (χ0v) is 13.2. The van der Waals surface area contributed by atoms with E-state index < -0.39 is 0 Å². The summed E-state index contributed by atoms with van der Waals surface area (Å²) in [6, 6.07) is 7.95. The van der Waals surface area contributed by atoms with Gasteiger partial charge in [-0.3, -0.25) is 0 Å². The third kappa shape index (κ3) is 3.13. The fraction of sp³-hybridized carbons (Fsp3) is 0.412. The topological polar surface area (TPSA) is 56.3 Å². The Labute approximate surface area is 130 Å². The molecule has 0 amide bonds. The first-order chi connectivity index (χ1) is 10.7. The Bertz CT molecular complexity index is 656. The first kappa shape index (κ1) is 14.6. The van der Waals surface area contributed by atoms with Gasteiger partial charge in [0.05, 0.1) is 20.3 Å². The number of benzene rings is 1. The lowest BCUT2D eigenvalue weighted by Crippen LogP contribution is -2.09. The van der Waals surface area contributed by atoms with Crippen LogP contribution in [0.4, 0.5) is 5.82 Å². The number of methoxy groups -OCH3 is 2. The Morgan fingerprint density at radius 3 is 2.59 bits per heavy atom. The number of aromatic nitrogens is 2. The molecule has 0 radical (unpaired) electrons. The molecule has 1 unspecified atom stereocenters. The Morgan fingerprint density at radius 2 is 1.91 bits per heavy atom. The number of nitrogens with one attached hydrogen (secondary N) is 1. The van der Waals surface area contributed by atoms with Crippen LogP contribution in [0, 0.1) is 0 Å². The highest BCUT2D eigenvalue weighted by Gasteiger charge is 2.26. The predicted octanol–water partition coefficient (Wildman–Crippen LogP) is 3.54. The molecule has 1 aliphatic rings. The van der Waals surface area contributed by atoms with Crippen molar-refractivity contribution < 1.29 is 9.47 Å². The van der Waals surface area contributed by atoms with Gasteiger partial charge < -0.3 is 14.8 Å². The van der Waals surface area contributed by atoms with Gasteiger partial charge in [0.2, 0.25) is 0 Å². The van der Waals surface area contributed by atoms with Crippen LogP contribution in [0.3, 0.4) is 0 Å². The molecule has 1 saturated carbocycles. The van der Waals surface area contributed by atoms with E-state index in [2.05, 4.69) is 22.2 Å². The molecule has 22 heavy (non-hydrogen) atoms. The third-order valence-corrected chi connectivity index (χ3v) is 3.89. The molecule has 0 saturated heterocycles. The van der Waals surface area contributed by atoms with E-state index in [1.807, 2.05) is 30.5 Å². The molecule has 1 heterocycles. The van der Waals surface area contributed by atoms with Crippen LogP contribution in [0.15, 0.2) is 30.5 Å². The number of anilines is 1. The molecule has 1 aromatic heterocycles. The van der Waals surface area contributed by atoms with Crippen molar-refractivity contribution in [3.8, 4) is 11.5 Å². The van der Waals surface area contributed by atoms with Gasteiger partial charge in [0.25, 0.3) is 0 Å². The van der Waals surface area contributed by atoms with Crippen LogP contribution in [0.5, 0.6) is 11.5 Å². The lowest BCUT2D eigenvalue weighted by molar-refractivity contribution is 0.354. The van der Waals surface area contributed by atoms with Gasteiger partial charge in [-0.05, 0) is 43.5 Å². The smallest absolute Gasteiger partial charge is 0.161 e. The number of ether oxygens (including phenoxy) is 2. The molecule has 1 aromatic carbocycles. The summed E-state index contributed by atoms with van der Waals surface area (Å²) in [6.07, 6.45) is 4.23. The largest absolute Gasteiger partial charge is 0.493 e. The maximum absolute atomic E-state index is 5.36. The maximum atomic E-state index is 5.36. The molecular formula is C17H21N3O2. The van der Waals surface area contributed by atoms with E-state index in [4.69, 9.17) is 9.47 Å². The predicted molar refractivity (Wildman–Crippen MR) is 85.6 cm³/mol. The molecule has 1 fully saturated rings. The molecule has 1 atom stereocenters. The van der Waals surface area contributed by atoms with Crippen molar-refractivity contribution in [1.29, 1.82) is 0 Å². The van der Waals surface area contributed by atoms with Crippen LogP contribution in [-0.4, -0.2) is 24.2 Å². The molecule has 0 aliphatic heterocycles. The monoisotopic (exact) mass is 299 g/mol. The van der Waals surface area contributed by atoms with Gasteiger partial charge in [-0.2, -0.15) is 0 Å². The molecular weight excluding hydrogens is 278 g/mol. The first-order valence-electron chi connectivity index (χ1n) is 7.52. The van der Waals surface area contributed by atoms with Crippen LogP contribution in [-0.2, 0) is 0 Å². The fourth-order valence-electron chi connectivity index (χ4n) is 2.42. The molecule has 1 N–H and O–H groups in total. The number of rotatable bonds is 6. The lowest BCUT2D eigenvalue weighted by Gasteiger charge is -2.17. The molecule has 0 bridgehead atoms. The van der Waals surface area contributed by atoms with Crippen LogP contribution in [0.25, 0.3) is 0 Å². The summed E-state index contributed by atoms with van der Waals surface area (Å²) < 4.78 is 10.6.